The number of sulfonamides is 1. The molecule has 0 fully saturated rings. The van der Waals surface area contributed by atoms with E-state index in [0.717, 1.165) is 32.7 Å². The average molecular weight is 577 g/mol. The van der Waals surface area contributed by atoms with Crippen LogP contribution in [0, 0.1) is 5.82 Å². The van der Waals surface area contributed by atoms with Gasteiger partial charge in [0.25, 0.3) is 0 Å². The molecule has 0 heterocycles. The first-order valence-corrected chi connectivity index (χ1v) is 13.6. The highest BCUT2D eigenvalue weighted by Gasteiger charge is 2.30. The van der Waals surface area contributed by atoms with Gasteiger partial charge in [-0.25, -0.2) is 12.8 Å². The Morgan fingerprint density at radius 1 is 1.18 bits per heavy atom. The molecular formula is C23H28BrClFN3O4S. The van der Waals surface area contributed by atoms with Crippen LogP contribution in [0.2, 0.25) is 5.02 Å². The van der Waals surface area contributed by atoms with Crippen molar-refractivity contribution in [1.82, 2.24) is 10.2 Å². The van der Waals surface area contributed by atoms with Crippen molar-refractivity contribution < 1.29 is 22.4 Å². The van der Waals surface area contributed by atoms with Crippen molar-refractivity contribution in [2.45, 2.75) is 45.8 Å². The lowest BCUT2D eigenvalue weighted by Crippen LogP contribution is -2.52. The van der Waals surface area contributed by atoms with Crippen molar-refractivity contribution in [3.8, 4) is 0 Å². The van der Waals surface area contributed by atoms with E-state index in [1.54, 1.807) is 19.1 Å². The van der Waals surface area contributed by atoms with E-state index in [4.69, 9.17) is 11.6 Å². The molecule has 0 aliphatic rings. The van der Waals surface area contributed by atoms with E-state index in [1.807, 2.05) is 26.0 Å². The number of amides is 2. The van der Waals surface area contributed by atoms with Crippen molar-refractivity contribution in [3.63, 3.8) is 0 Å². The van der Waals surface area contributed by atoms with E-state index in [2.05, 4.69) is 21.2 Å². The molecule has 2 rings (SSSR count). The van der Waals surface area contributed by atoms with Crippen molar-refractivity contribution in [2.24, 2.45) is 0 Å². The lowest BCUT2D eigenvalue weighted by Gasteiger charge is -2.32. The Labute approximate surface area is 213 Å². The summed E-state index contributed by atoms with van der Waals surface area (Å²) in [5.74, 6) is -1.66. The topological polar surface area (TPSA) is 86.8 Å². The van der Waals surface area contributed by atoms with Crippen LogP contribution in [0.1, 0.15) is 32.8 Å². The molecule has 2 aromatic rings. The van der Waals surface area contributed by atoms with Gasteiger partial charge < -0.3 is 10.2 Å². The summed E-state index contributed by atoms with van der Waals surface area (Å²) in [6.45, 7) is 4.87. The maximum atomic E-state index is 13.6. The fraction of sp³-hybridized carbons (Fsp3) is 0.391. The fourth-order valence-electron chi connectivity index (χ4n) is 3.13. The Balaban J connectivity index is 2.41. The van der Waals surface area contributed by atoms with Gasteiger partial charge in [-0.05, 0) is 56.2 Å². The monoisotopic (exact) mass is 575 g/mol. The largest absolute Gasteiger partial charge is 0.352 e. The number of anilines is 1. The van der Waals surface area contributed by atoms with E-state index < -0.39 is 34.3 Å². The van der Waals surface area contributed by atoms with Crippen LogP contribution in [0.5, 0.6) is 0 Å². The zero-order chi connectivity index (χ0) is 25.6. The Morgan fingerprint density at radius 2 is 1.85 bits per heavy atom. The summed E-state index contributed by atoms with van der Waals surface area (Å²) in [4.78, 5) is 27.6. The Bertz CT molecular complexity index is 1150. The number of nitrogens with one attached hydrogen (secondary N) is 1. The quantitative estimate of drug-likeness (QED) is 0.456. The molecule has 0 bridgehead atoms. The first kappa shape index (κ1) is 28.1. The molecule has 0 spiro atoms. The Kier molecular flexibility index (Phi) is 9.90. The molecule has 1 N–H and O–H groups in total. The van der Waals surface area contributed by atoms with Crippen LogP contribution in [-0.2, 0) is 26.2 Å². The first-order valence-electron chi connectivity index (χ1n) is 10.6. The number of hydrogen-bond acceptors (Lipinski definition) is 4. The molecule has 11 heteroatoms. The van der Waals surface area contributed by atoms with Gasteiger partial charge in [0.1, 0.15) is 18.4 Å². The molecule has 2 aromatic carbocycles. The molecule has 34 heavy (non-hydrogen) atoms. The summed E-state index contributed by atoms with van der Waals surface area (Å²) in [5, 5.41) is 2.59. The summed E-state index contributed by atoms with van der Waals surface area (Å²) in [5.41, 5.74) is 0.794. The van der Waals surface area contributed by atoms with Crippen LogP contribution in [-0.4, -0.2) is 50.0 Å². The second-order valence-electron chi connectivity index (χ2n) is 8.01. The minimum Gasteiger partial charge on any atom is -0.352 e. The number of hydrogen-bond donors (Lipinski definition) is 1. The second kappa shape index (κ2) is 12.0. The van der Waals surface area contributed by atoms with E-state index in [9.17, 15) is 22.4 Å². The van der Waals surface area contributed by atoms with E-state index in [-0.39, 0.29) is 29.2 Å². The number of carbonyl (C=O) groups is 2. The van der Waals surface area contributed by atoms with Crippen molar-refractivity contribution in [1.29, 1.82) is 0 Å². The highest BCUT2D eigenvalue weighted by Crippen LogP contribution is 2.25. The van der Waals surface area contributed by atoms with E-state index in [1.165, 1.54) is 11.0 Å². The number of nitrogens with zero attached hydrogens (tertiary/aromatic N) is 2. The van der Waals surface area contributed by atoms with Crippen LogP contribution in [0.4, 0.5) is 10.1 Å². The number of carbonyl (C=O) groups excluding carboxylic acids is 2. The summed E-state index contributed by atoms with van der Waals surface area (Å²) in [7, 11) is -3.93. The van der Waals surface area contributed by atoms with Gasteiger partial charge in [-0.15, -0.1) is 0 Å². The van der Waals surface area contributed by atoms with Gasteiger partial charge in [-0.1, -0.05) is 46.6 Å². The van der Waals surface area contributed by atoms with Crippen LogP contribution in [0.25, 0.3) is 0 Å². The maximum Gasteiger partial charge on any atom is 0.244 e. The van der Waals surface area contributed by atoms with Gasteiger partial charge >= 0.3 is 0 Å². The van der Waals surface area contributed by atoms with E-state index in [0.29, 0.717) is 6.42 Å². The van der Waals surface area contributed by atoms with Gasteiger partial charge in [0, 0.05) is 17.1 Å². The molecule has 0 unspecified atom stereocenters. The highest BCUT2D eigenvalue weighted by atomic mass is 79.9. The third-order valence-electron chi connectivity index (χ3n) is 5.28. The summed E-state index contributed by atoms with van der Waals surface area (Å²) in [6.07, 6.45) is 1.65. The SMILES string of the molecule is CC[C@@H](C)NC(=O)[C@H](C)N(Cc1cccc(Br)c1)C(=O)CN(c1ccc(F)c(Cl)c1)S(C)(=O)=O. The van der Waals surface area contributed by atoms with Gasteiger partial charge in [0.2, 0.25) is 21.8 Å². The third-order valence-corrected chi connectivity index (χ3v) is 7.20. The lowest BCUT2D eigenvalue weighted by atomic mass is 10.1. The smallest absolute Gasteiger partial charge is 0.244 e. The van der Waals surface area contributed by atoms with Gasteiger partial charge in [-0.2, -0.15) is 0 Å². The van der Waals surface area contributed by atoms with Crippen LogP contribution < -0.4 is 9.62 Å². The molecule has 0 saturated heterocycles. The molecule has 0 aromatic heterocycles. The maximum absolute atomic E-state index is 13.6. The van der Waals surface area contributed by atoms with Gasteiger partial charge in [-0.3, -0.25) is 13.9 Å². The van der Waals surface area contributed by atoms with Crippen LogP contribution >= 0.6 is 27.5 Å². The third kappa shape index (κ3) is 7.68. The fourth-order valence-corrected chi connectivity index (χ4v) is 4.60. The van der Waals surface area contributed by atoms with Crippen molar-refractivity contribution in [3.05, 3.63) is 63.3 Å². The zero-order valence-electron chi connectivity index (χ0n) is 19.4. The predicted octanol–water partition coefficient (Wildman–Crippen LogP) is 4.34. The minimum atomic E-state index is -3.93. The average Bonchev–Trinajstić information content (AvgIpc) is 2.76. The molecule has 0 saturated carbocycles. The molecular weight excluding hydrogens is 549 g/mol. The molecule has 186 valence electrons. The second-order valence-corrected chi connectivity index (χ2v) is 11.2. The summed E-state index contributed by atoms with van der Waals surface area (Å²) < 4.78 is 40.3. The lowest BCUT2D eigenvalue weighted by molar-refractivity contribution is -0.139. The number of rotatable bonds is 10. The predicted molar refractivity (Wildman–Crippen MR) is 136 cm³/mol. The summed E-state index contributed by atoms with van der Waals surface area (Å²) in [6, 6.07) is 9.68. The van der Waals surface area contributed by atoms with Gasteiger partial charge in [0.05, 0.1) is 17.0 Å². The van der Waals surface area contributed by atoms with Gasteiger partial charge in [0.15, 0.2) is 0 Å². The van der Waals surface area contributed by atoms with Crippen LogP contribution in [0.15, 0.2) is 46.9 Å². The molecule has 7 nitrogen and oxygen atoms in total. The normalized spacial score (nSPS) is 13.1. The highest BCUT2D eigenvalue weighted by molar-refractivity contribution is 9.10. The molecule has 0 aliphatic carbocycles. The van der Waals surface area contributed by atoms with Crippen molar-refractivity contribution in [2.75, 3.05) is 17.1 Å². The number of halogens is 3. The van der Waals surface area contributed by atoms with Crippen LogP contribution in [0.3, 0.4) is 0 Å². The zero-order valence-corrected chi connectivity index (χ0v) is 22.5. The van der Waals surface area contributed by atoms with E-state index >= 15 is 0 Å². The molecule has 0 aliphatic heterocycles. The molecule has 0 radical (unpaired) electrons. The number of benzene rings is 2. The summed E-state index contributed by atoms with van der Waals surface area (Å²) >= 11 is 9.23. The first-order chi connectivity index (χ1) is 15.8. The molecule has 2 amide bonds. The molecule has 2 atom stereocenters. The minimum absolute atomic E-state index is 0.0429. The standard InChI is InChI=1S/C23H28BrClFN3O4S/c1-5-15(2)27-23(31)16(3)28(13-17-7-6-8-18(24)11-17)22(30)14-29(34(4,32)33)19-9-10-21(26)20(25)12-19/h6-12,15-16H,5,13-14H2,1-4H3,(H,27,31)/t15-,16+/m1/s1. The van der Waals surface area contributed by atoms with Crippen molar-refractivity contribution >= 4 is 55.1 Å². The Hall–Kier alpha value is -2.17. The Morgan fingerprint density at radius 3 is 2.41 bits per heavy atom.